The average Bonchev–Trinajstić information content (AvgIpc) is 2.42. The fourth-order valence-corrected chi connectivity index (χ4v) is 4.52. The Morgan fingerprint density at radius 3 is 3.05 bits per heavy atom. The summed E-state index contributed by atoms with van der Waals surface area (Å²) in [5, 5.41) is 0. The molecule has 0 aliphatic carbocycles. The first-order valence-electron chi connectivity index (χ1n) is 6.35. The van der Waals surface area contributed by atoms with E-state index in [1.165, 1.54) is 16.6 Å². The summed E-state index contributed by atoms with van der Waals surface area (Å²) in [6, 6.07) is 1.50. The van der Waals surface area contributed by atoms with Crippen LogP contribution in [0.3, 0.4) is 0 Å². The number of sulfonamides is 1. The van der Waals surface area contributed by atoms with Gasteiger partial charge in [0.15, 0.2) is 0 Å². The summed E-state index contributed by atoms with van der Waals surface area (Å²) in [4.78, 5) is 3.96. The first-order valence-corrected chi connectivity index (χ1v) is 8.58. The van der Waals surface area contributed by atoms with Crippen LogP contribution in [-0.2, 0) is 14.8 Å². The number of methoxy groups -OCH3 is 1. The van der Waals surface area contributed by atoms with Gasteiger partial charge in [-0.15, -0.1) is 0 Å². The van der Waals surface area contributed by atoms with Gasteiger partial charge in [-0.3, -0.25) is 0 Å². The Bertz CT molecular complexity index is 577. The molecule has 0 saturated carbocycles. The molecule has 1 unspecified atom stereocenters. The van der Waals surface area contributed by atoms with E-state index in [1.54, 1.807) is 7.11 Å². The molecule has 0 bridgehead atoms. The number of aromatic nitrogens is 1. The van der Waals surface area contributed by atoms with Gasteiger partial charge < -0.3 is 10.5 Å². The smallest absolute Gasteiger partial charge is 0.246 e. The average molecular weight is 364 g/mol. The number of nitrogens with two attached hydrogens (primary N) is 1. The highest BCUT2D eigenvalue weighted by Crippen LogP contribution is 2.27. The second kappa shape index (κ2) is 6.38. The lowest BCUT2D eigenvalue weighted by molar-refractivity contribution is 0.118. The summed E-state index contributed by atoms with van der Waals surface area (Å²) in [6.07, 6.45) is 3.29. The van der Waals surface area contributed by atoms with E-state index in [4.69, 9.17) is 10.5 Å². The lowest BCUT2D eigenvalue weighted by atomic mass is 10.0. The SMILES string of the molecule is COCC1CCCN(S(=O)(=O)c2cc(Br)cnc2N)C1. The molecule has 2 heterocycles. The maximum atomic E-state index is 12.7. The van der Waals surface area contributed by atoms with E-state index in [-0.39, 0.29) is 16.6 Å². The van der Waals surface area contributed by atoms with Gasteiger partial charge in [0.1, 0.15) is 10.7 Å². The van der Waals surface area contributed by atoms with E-state index in [2.05, 4.69) is 20.9 Å². The van der Waals surface area contributed by atoms with Crippen LogP contribution in [0.15, 0.2) is 21.6 Å². The van der Waals surface area contributed by atoms with E-state index in [0.29, 0.717) is 24.2 Å². The number of hydrogen-bond acceptors (Lipinski definition) is 5. The summed E-state index contributed by atoms with van der Waals surface area (Å²) in [6.45, 7) is 1.54. The molecule has 6 nitrogen and oxygen atoms in total. The number of halogens is 1. The third-order valence-electron chi connectivity index (χ3n) is 3.35. The molecule has 1 aliphatic heterocycles. The van der Waals surface area contributed by atoms with Crippen LogP contribution in [0.2, 0.25) is 0 Å². The Hall–Kier alpha value is -0.700. The van der Waals surface area contributed by atoms with Gasteiger partial charge in [0, 0.05) is 30.9 Å². The largest absolute Gasteiger partial charge is 0.384 e. The van der Waals surface area contributed by atoms with Crippen molar-refractivity contribution in [3.63, 3.8) is 0 Å². The predicted molar refractivity (Wildman–Crippen MR) is 79.7 cm³/mol. The molecular formula is C12H18BrN3O3S. The molecule has 1 aliphatic rings. The van der Waals surface area contributed by atoms with E-state index in [9.17, 15) is 8.42 Å². The Kier molecular flexibility index (Phi) is 5.00. The van der Waals surface area contributed by atoms with Crippen LogP contribution in [0.4, 0.5) is 5.82 Å². The first-order chi connectivity index (χ1) is 9.45. The molecular weight excluding hydrogens is 346 g/mol. The molecule has 1 saturated heterocycles. The molecule has 2 rings (SSSR count). The highest BCUT2D eigenvalue weighted by molar-refractivity contribution is 9.10. The number of pyridine rings is 1. The molecule has 112 valence electrons. The third kappa shape index (κ3) is 3.30. The van der Waals surface area contributed by atoms with Crippen LogP contribution in [0.5, 0.6) is 0 Å². The second-order valence-corrected chi connectivity index (χ2v) is 7.69. The van der Waals surface area contributed by atoms with Gasteiger partial charge in [-0.05, 0) is 40.8 Å². The minimum absolute atomic E-state index is 0.0297. The number of rotatable bonds is 4. The van der Waals surface area contributed by atoms with Gasteiger partial charge in [-0.2, -0.15) is 4.31 Å². The fraction of sp³-hybridized carbons (Fsp3) is 0.583. The summed E-state index contributed by atoms with van der Waals surface area (Å²) in [5.74, 6) is 0.256. The number of hydrogen-bond donors (Lipinski definition) is 1. The first kappa shape index (κ1) is 15.7. The van der Waals surface area contributed by atoms with Crippen molar-refractivity contribution in [1.82, 2.24) is 9.29 Å². The van der Waals surface area contributed by atoms with E-state index in [0.717, 1.165) is 12.8 Å². The van der Waals surface area contributed by atoms with Gasteiger partial charge in [0.25, 0.3) is 0 Å². The quantitative estimate of drug-likeness (QED) is 0.875. The predicted octanol–water partition coefficient (Wildman–Crippen LogP) is 1.47. The number of anilines is 1. The topological polar surface area (TPSA) is 85.5 Å². The van der Waals surface area contributed by atoms with Crippen molar-refractivity contribution in [3.8, 4) is 0 Å². The summed E-state index contributed by atoms with van der Waals surface area (Å²) >= 11 is 3.23. The Morgan fingerprint density at radius 1 is 1.60 bits per heavy atom. The fourth-order valence-electron chi connectivity index (χ4n) is 2.39. The highest BCUT2D eigenvalue weighted by atomic mass is 79.9. The monoisotopic (exact) mass is 363 g/mol. The van der Waals surface area contributed by atoms with Crippen LogP contribution < -0.4 is 5.73 Å². The molecule has 1 aromatic rings. The van der Waals surface area contributed by atoms with Crippen LogP contribution in [-0.4, -0.2) is 44.5 Å². The van der Waals surface area contributed by atoms with Gasteiger partial charge >= 0.3 is 0 Å². The molecule has 0 radical (unpaired) electrons. The number of nitrogens with zero attached hydrogens (tertiary/aromatic N) is 2. The zero-order chi connectivity index (χ0) is 14.8. The number of piperidine rings is 1. The van der Waals surface area contributed by atoms with Gasteiger partial charge in [0.2, 0.25) is 10.0 Å². The normalized spacial score (nSPS) is 21.0. The summed E-state index contributed by atoms with van der Waals surface area (Å²) in [7, 11) is -1.98. The molecule has 1 fully saturated rings. The van der Waals surface area contributed by atoms with Crippen molar-refractivity contribution in [2.45, 2.75) is 17.7 Å². The van der Waals surface area contributed by atoms with Crippen molar-refractivity contribution in [2.75, 3.05) is 32.5 Å². The van der Waals surface area contributed by atoms with Crippen molar-refractivity contribution >= 4 is 31.8 Å². The summed E-state index contributed by atoms with van der Waals surface area (Å²) in [5.41, 5.74) is 5.71. The molecule has 1 aromatic heterocycles. The Labute approximate surface area is 127 Å². The molecule has 2 N–H and O–H groups in total. The third-order valence-corrected chi connectivity index (χ3v) is 5.68. The number of ether oxygens (including phenoxy) is 1. The standard InChI is InChI=1S/C12H18BrN3O3S/c1-19-8-9-3-2-4-16(7-9)20(17,18)11-5-10(13)6-15-12(11)14/h5-6,9H,2-4,7-8H2,1H3,(H2,14,15). The van der Waals surface area contributed by atoms with E-state index in [1.807, 2.05) is 0 Å². The molecule has 0 amide bonds. The van der Waals surface area contributed by atoms with Gasteiger partial charge in [0.05, 0.1) is 6.61 Å². The number of nitrogen functional groups attached to an aromatic ring is 1. The van der Waals surface area contributed by atoms with Crippen molar-refractivity contribution in [1.29, 1.82) is 0 Å². The molecule has 20 heavy (non-hydrogen) atoms. The lowest BCUT2D eigenvalue weighted by Gasteiger charge is -2.31. The van der Waals surface area contributed by atoms with Crippen molar-refractivity contribution in [2.24, 2.45) is 5.92 Å². The minimum Gasteiger partial charge on any atom is -0.384 e. The van der Waals surface area contributed by atoms with Crippen LogP contribution >= 0.6 is 15.9 Å². The van der Waals surface area contributed by atoms with Gasteiger partial charge in [-0.25, -0.2) is 13.4 Å². The Balaban J connectivity index is 2.27. The highest BCUT2D eigenvalue weighted by Gasteiger charge is 2.32. The maximum absolute atomic E-state index is 12.7. The minimum atomic E-state index is -3.61. The molecule has 1 atom stereocenters. The van der Waals surface area contributed by atoms with E-state index < -0.39 is 10.0 Å². The zero-order valence-electron chi connectivity index (χ0n) is 11.3. The molecule has 0 aromatic carbocycles. The summed E-state index contributed by atoms with van der Waals surface area (Å²) < 4.78 is 32.5. The van der Waals surface area contributed by atoms with Crippen molar-refractivity contribution < 1.29 is 13.2 Å². The second-order valence-electron chi connectivity index (χ2n) is 4.86. The lowest BCUT2D eigenvalue weighted by Crippen LogP contribution is -2.41. The molecule has 0 spiro atoms. The van der Waals surface area contributed by atoms with Crippen LogP contribution in [0.1, 0.15) is 12.8 Å². The van der Waals surface area contributed by atoms with Gasteiger partial charge in [-0.1, -0.05) is 0 Å². The Morgan fingerprint density at radius 2 is 2.35 bits per heavy atom. The van der Waals surface area contributed by atoms with E-state index >= 15 is 0 Å². The van der Waals surface area contributed by atoms with Crippen molar-refractivity contribution in [3.05, 3.63) is 16.7 Å². The van der Waals surface area contributed by atoms with Crippen LogP contribution in [0, 0.1) is 5.92 Å². The van der Waals surface area contributed by atoms with Crippen LogP contribution in [0.25, 0.3) is 0 Å². The zero-order valence-corrected chi connectivity index (χ0v) is 13.7. The molecule has 8 heteroatoms. The maximum Gasteiger partial charge on any atom is 0.246 e.